The van der Waals surface area contributed by atoms with Gasteiger partial charge >= 0.3 is 0 Å². The molecule has 3 N–H and O–H groups in total. The van der Waals surface area contributed by atoms with Gasteiger partial charge in [-0.2, -0.15) is 4.98 Å². The first-order chi connectivity index (χ1) is 7.24. The van der Waals surface area contributed by atoms with E-state index in [9.17, 15) is 0 Å². The van der Waals surface area contributed by atoms with Gasteiger partial charge in [-0.1, -0.05) is 0 Å². The Labute approximate surface area is 89.1 Å². The van der Waals surface area contributed by atoms with Crippen molar-refractivity contribution in [2.45, 2.75) is 25.9 Å². The maximum atomic E-state index is 5.62. The molecule has 1 aromatic rings. The molecule has 0 aromatic carbocycles. The number of hydrogen-bond donors (Lipinski definition) is 2. The van der Waals surface area contributed by atoms with Crippen molar-refractivity contribution in [1.29, 1.82) is 0 Å². The van der Waals surface area contributed by atoms with Gasteiger partial charge in [-0.25, -0.2) is 4.98 Å². The van der Waals surface area contributed by atoms with Crippen LogP contribution in [0.3, 0.4) is 0 Å². The summed E-state index contributed by atoms with van der Waals surface area (Å²) in [5.74, 6) is 1.08. The van der Waals surface area contributed by atoms with Crippen molar-refractivity contribution < 1.29 is 4.74 Å². The van der Waals surface area contributed by atoms with Crippen molar-refractivity contribution in [1.82, 2.24) is 9.97 Å². The molecule has 1 atom stereocenters. The Morgan fingerprint density at radius 2 is 2.47 bits per heavy atom. The zero-order valence-corrected chi connectivity index (χ0v) is 8.86. The van der Waals surface area contributed by atoms with Gasteiger partial charge in [0.05, 0.1) is 6.10 Å². The van der Waals surface area contributed by atoms with Crippen molar-refractivity contribution in [3.63, 3.8) is 0 Å². The predicted octanol–water partition coefficient (Wildman–Crippen LogP) is 0.958. The number of hydrogen-bond acceptors (Lipinski definition) is 5. The fraction of sp³-hybridized carbons (Fsp3) is 0.600. The Balaban J connectivity index is 1.92. The summed E-state index contributed by atoms with van der Waals surface area (Å²) in [5, 5.41) is 3.14. The van der Waals surface area contributed by atoms with Gasteiger partial charge in [0, 0.05) is 24.9 Å². The van der Waals surface area contributed by atoms with Gasteiger partial charge in [0.2, 0.25) is 5.95 Å². The van der Waals surface area contributed by atoms with E-state index in [1.807, 2.05) is 6.92 Å². The standard InChI is InChI=1S/C10H16N4O/c1-7-5-9(11)14-10(13-7)12-6-8-3-2-4-15-8/h5,8H,2-4,6H2,1H3,(H3,11,12,13,14). The smallest absolute Gasteiger partial charge is 0.224 e. The minimum Gasteiger partial charge on any atom is -0.384 e. The highest BCUT2D eigenvalue weighted by atomic mass is 16.5. The number of aromatic nitrogens is 2. The van der Waals surface area contributed by atoms with E-state index >= 15 is 0 Å². The Kier molecular flexibility index (Phi) is 3.01. The van der Waals surface area contributed by atoms with Crippen LogP contribution in [0.5, 0.6) is 0 Å². The van der Waals surface area contributed by atoms with Crippen molar-refractivity contribution in [3.05, 3.63) is 11.8 Å². The van der Waals surface area contributed by atoms with Crippen molar-refractivity contribution in [2.75, 3.05) is 24.2 Å². The summed E-state index contributed by atoms with van der Waals surface area (Å²) >= 11 is 0. The molecule has 1 aromatic heterocycles. The summed E-state index contributed by atoms with van der Waals surface area (Å²) in [4.78, 5) is 8.33. The van der Waals surface area contributed by atoms with Crippen molar-refractivity contribution in [3.8, 4) is 0 Å². The van der Waals surface area contributed by atoms with Crippen LogP contribution in [0.2, 0.25) is 0 Å². The van der Waals surface area contributed by atoms with E-state index in [4.69, 9.17) is 10.5 Å². The molecule has 0 saturated carbocycles. The lowest BCUT2D eigenvalue weighted by molar-refractivity contribution is 0.120. The topological polar surface area (TPSA) is 73.1 Å². The van der Waals surface area contributed by atoms with E-state index in [1.165, 1.54) is 0 Å². The molecule has 2 heterocycles. The van der Waals surface area contributed by atoms with E-state index < -0.39 is 0 Å². The van der Waals surface area contributed by atoms with E-state index in [0.717, 1.165) is 31.7 Å². The number of nitrogen functional groups attached to an aromatic ring is 1. The molecule has 0 bridgehead atoms. The van der Waals surface area contributed by atoms with Crippen LogP contribution in [-0.4, -0.2) is 29.2 Å². The maximum Gasteiger partial charge on any atom is 0.224 e. The fourth-order valence-corrected chi connectivity index (χ4v) is 1.68. The summed E-state index contributed by atoms with van der Waals surface area (Å²) in [7, 11) is 0. The van der Waals surface area contributed by atoms with E-state index in [0.29, 0.717) is 11.8 Å². The number of nitrogens with one attached hydrogen (secondary N) is 1. The molecule has 82 valence electrons. The van der Waals surface area contributed by atoms with Crippen LogP contribution in [0.1, 0.15) is 18.5 Å². The third-order valence-electron chi connectivity index (χ3n) is 2.39. The first-order valence-electron chi connectivity index (χ1n) is 5.20. The van der Waals surface area contributed by atoms with Gasteiger partial charge in [-0.15, -0.1) is 0 Å². The summed E-state index contributed by atoms with van der Waals surface area (Å²) < 4.78 is 5.49. The fourth-order valence-electron chi connectivity index (χ4n) is 1.68. The number of ether oxygens (including phenoxy) is 1. The van der Waals surface area contributed by atoms with Crippen LogP contribution < -0.4 is 11.1 Å². The summed E-state index contributed by atoms with van der Waals surface area (Å²) in [6.07, 6.45) is 2.53. The molecule has 5 heteroatoms. The lowest BCUT2D eigenvalue weighted by atomic mass is 10.2. The van der Waals surface area contributed by atoms with Crippen LogP contribution >= 0.6 is 0 Å². The van der Waals surface area contributed by atoms with Gasteiger partial charge in [-0.05, 0) is 19.8 Å². The van der Waals surface area contributed by atoms with Gasteiger partial charge in [-0.3, -0.25) is 0 Å². The van der Waals surface area contributed by atoms with Crippen molar-refractivity contribution in [2.24, 2.45) is 0 Å². The quantitative estimate of drug-likeness (QED) is 0.774. The highest BCUT2D eigenvalue weighted by Gasteiger charge is 2.15. The molecule has 1 aliphatic rings. The number of aryl methyl sites for hydroxylation is 1. The van der Waals surface area contributed by atoms with Gasteiger partial charge in [0.1, 0.15) is 5.82 Å². The molecule has 1 saturated heterocycles. The zero-order valence-electron chi connectivity index (χ0n) is 8.86. The zero-order chi connectivity index (χ0) is 10.7. The molecule has 0 aliphatic carbocycles. The molecular weight excluding hydrogens is 192 g/mol. The third-order valence-corrected chi connectivity index (χ3v) is 2.39. The monoisotopic (exact) mass is 208 g/mol. The van der Waals surface area contributed by atoms with Crippen molar-refractivity contribution >= 4 is 11.8 Å². The second kappa shape index (κ2) is 4.44. The van der Waals surface area contributed by atoms with E-state index in [-0.39, 0.29) is 6.10 Å². The number of anilines is 2. The molecule has 0 radical (unpaired) electrons. The average molecular weight is 208 g/mol. The average Bonchev–Trinajstić information content (AvgIpc) is 2.65. The Hall–Kier alpha value is -1.36. The minimum atomic E-state index is 0.287. The summed E-state index contributed by atoms with van der Waals surface area (Å²) in [6, 6.07) is 1.75. The highest BCUT2D eigenvalue weighted by Crippen LogP contribution is 2.13. The minimum absolute atomic E-state index is 0.287. The number of rotatable bonds is 3. The van der Waals surface area contributed by atoms with Crippen LogP contribution in [0.4, 0.5) is 11.8 Å². The molecule has 5 nitrogen and oxygen atoms in total. The largest absolute Gasteiger partial charge is 0.384 e. The maximum absolute atomic E-state index is 5.62. The van der Waals surface area contributed by atoms with E-state index in [2.05, 4.69) is 15.3 Å². The highest BCUT2D eigenvalue weighted by molar-refractivity contribution is 5.38. The van der Waals surface area contributed by atoms with Crippen LogP contribution in [0.15, 0.2) is 6.07 Å². The first kappa shape index (κ1) is 10.2. The van der Waals surface area contributed by atoms with Crippen LogP contribution in [0, 0.1) is 6.92 Å². The lowest BCUT2D eigenvalue weighted by Gasteiger charge is -2.11. The lowest BCUT2D eigenvalue weighted by Crippen LogP contribution is -2.20. The van der Waals surface area contributed by atoms with Gasteiger partial charge in [0.25, 0.3) is 0 Å². The normalized spacial score (nSPS) is 20.5. The molecule has 1 unspecified atom stereocenters. The Bertz CT molecular complexity index is 316. The molecule has 2 rings (SSSR count). The molecule has 0 amide bonds. The van der Waals surface area contributed by atoms with Crippen LogP contribution in [-0.2, 0) is 4.74 Å². The summed E-state index contributed by atoms with van der Waals surface area (Å²) in [5.41, 5.74) is 6.49. The number of nitrogens with two attached hydrogens (primary N) is 1. The van der Waals surface area contributed by atoms with Gasteiger partial charge < -0.3 is 15.8 Å². The molecule has 15 heavy (non-hydrogen) atoms. The Morgan fingerprint density at radius 1 is 1.60 bits per heavy atom. The van der Waals surface area contributed by atoms with E-state index in [1.54, 1.807) is 6.07 Å². The molecule has 1 aliphatic heterocycles. The molecular formula is C10H16N4O. The second-order valence-electron chi connectivity index (χ2n) is 3.77. The first-order valence-corrected chi connectivity index (χ1v) is 5.20. The van der Waals surface area contributed by atoms with Gasteiger partial charge in [0.15, 0.2) is 0 Å². The SMILES string of the molecule is Cc1cc(N)nc(NCC2CCCO2)n1. The Morgan fingerprint density at radius 3 is 3.13 bits per heavy atom. The van der Waals surface area contributed by atoms with Crippen LogP contribution in [0.25, 0.3) is 0 Å². The summed E-state index contributed by atoms with van der Waals surface area (Å²) in [6.45, 7) is 3.52. The molecule has 1 fully saturated rings. The molecule has 0 spiro atoms. The third kappa shape index (κ3) is 2.79. The number of nitrogens with zero attached hydrogens (tertiary/aromatic N) is 2. The predicted molar refractivity (Wildman–Crippen MR) is 58.6 cm³/mol. The second-order valence-corrected chi connectivity index (χ2v) is 3.77.